The van der Waals surface area contributed by atoms with Gasteiger partial charge in [-0.1, -0.05) is 0 Å². The SMILES string of the molecule is CN(C)CC1CCCN1c1nc2c(cc1C(=O)O)CCC2. The number of carboxylic acids is 1. The van der Waals surface area contributed by atoms with Gasteiger partial charge in [-0.3, -0.25) is 0 Å². The van der Waals surface area contributed by atoms with Crippen LogP contribution in [0.25, 0.3) is 0 Å². The number of rotatable bonds is 4. The molecule has 0 amide bonds. The number of aromatic nitrogens is 1. The van der Waals surface area contributed by atoms with Crippen molar-refractivity contribution < 1.29 is 9.90 Å². The molecule has 2 aliphatic rings. The number of likely N-dealkylation sites (N-methyl/N-ethyl adjacent to an activating group) is 1. The Morgan fingerprint density at radius 2 is 2.24 bits per heavy atom. The summed E-state index contributed by atoms with van der Waals surface area (Å²) in [6, 6.07) is 2.22. The molecule has 0 bridgehead atoms. The minimum absolute atomic E-state index is 0.366. The Hall–Kier alpha value is -1.62. The summed E-state index contributed by atoms with van der Waals surface area (Å²) in [6.45, 7) is 1.85. The van der Waals surface area contributed by atoms with Gasteiger partial charge >= 0.3 is 5.97 Å². The van der Waals surface area contributed by atoms with Crippen molar-refractivity contribution in [2.75, 3.05) is 32.1 Å². The second kappa shape index (κ2) is 5.64. The lowest BCUT2D eigenvalue weighted by Gasteiger charge is -2.29. The number of hydrogen-bond acceptors (Lipinski definition) is 4. The van der Waals surface area contributed by atoms with E-state index in [1.165, 1.54) is 0 Å². The number of nitrogens with zero attached hydrogens (tertiary/aromatic N) is 3. The lowest BCUT2D eigenvalue weighted by molar-refractivity contribution is 0.0697. The number of carboxylic acid groups (broad SMARTS) is 1. The van der Waals surface area contributed by atoms with Gasteiger partial charge in [-0.15, -0.1) is 0 Å². The Labute approximate surface area is 125 Å². The van der Waals surface area contributed by atoms with Gasteiger partial charge in [0.25, 0.3) is 0 Å². The van der Waals surface area contributed by atoms with Gasteiger partial charge in [-0.2, -0.15) is 0 Å². The van der Waals surface area contributed by atoms with Crippen molar-refractivity contribution in [1.82, 2.24) is 9.88 Å². The molecule has 0 saturated carbocycles. The Balaban J connectivity index is 1.98. The lowest BCUT2D eigenvalue weighted by Crippen LogP contribution is -2.39. The molecule has 5 nitrogen and oxygen atoms in total. The predicted octanol–water partition coefficient (Wildman–Crippen LogP) is 1.80. The molecule has 114 valence electrons. The third-order valence-electron chi connectivity index (χ3n) is 4.49. The first kappa shape index (κ1) is 14.3. The van der Waals surface area contributed by atoms with Crippen molar-refractivity contribution >= 4 is 11.8 Å². The zero-order chi connectivity index (χ0) is 15.0. The van der Waals surface area contributed by atoms with E-state index in [2.05, 4.69) is 23.9 Å². The number of aryl methyl sites for hydroxylation is 2. The Morgan fingerprint density at radius 3 is 2.95 bits per heavy atom. The van der Waals surface area contributed by atoms with Gasteiger partial charge in [-0.25, -0.2) is 9.78 Å². The summed E-state index contributed by atoms with van der Waals surface area (Å²) < 4.78 is 0. The minimum atomic E-state index is -0.859. The first-order valence-corrected chi connectivity index (χ1v) is 7.73. The highest BCUT2D eigenvalue weighted by Gasteiger charge is 2.31. The highest BCUT2D eigenvalue weighted by molar-refractivity contribution is 5.94. The zero-order valence-corrected chi connectivity index (χ0v) is 12.8. The van der Waals surface area contributed by atoms with Crippen molar-refractivity contribution in [2.45, 2.75) is 38.1 Å². The van der Waals surface area contributed by atoms with Crippen LogP contribution in [0.15, 0.2) is 6.07 Å². The molecule has 1 aromatic heterocycles. The van der Waals surface area contributed by atoms with Crippen LogP contribution in [0.2, 0.25) is 0 Å². The lowest BCUT2D eigenvalue weighted by atomic mass is 10.1. The number of fused-ring (bicyclic) bond motifs is 1. The van der Waals surface area contributed by atoms with E-state index in [1.807, 2.05) is 6.07 Å². The molecule has 5 heteroatoms. The number of aromatic carboxylic acids is 1. The molecule has 0 aromatic carbocycles. The van der Waals surface area contributed by atoms with Gasteiger partial charge in [0, 0.05) is 24.8 Å². The maximum Gasteiger partial charge on any atom is 0.339 e. The van der Waals surface area contributed by atoms with E-state index in [4.69, 9.17) is 4.98 Å². The molecule has 1 aliphatic carbocycles. The third kappa shape index (κ3) is 2.75. The Morgan fingerprint density at radius 1 is 1.43 bits per heavy atom. The summed E-state index contributed by atoms with van der Waals surface area (Å²) in [4.78, 5) is 20.7. The fourth-order valence-electron chi connectivity index (χ4n) is 3.56. The summed E-state index contributed by atoms with van der Waals surface area (Å²) in [6.07, 6.45) is 5.25. The Kier molecular flexibility index (Phi) is 3.85. The van der Waals surface area contributed by atoms with E-state index in [0.717, 1.165) is 56.5 Å². The topological polar surface area (TPSA) is 56.7 Å². The van der Waals surface area contributed by atoms with E-state index in [0.29, 0.717) is 17.4 Å². The molecule has 0 spiro atoms. The van der Waals surface area contributed by atoms with E-state index in [9.17, 15) is 9.90 Å². The average Bonchev–Trinajstić information content (AvgIpc) is 3.04. The van der Waals surface area contributed by atoms with Gasteiger partial charge in [-0.05, 0) is 57.8 Å². The van der Waals surface area contributed by atoms with Gasteiger partial charge in [0.05, 0.1) is 0 Å². The number of hydrogen-bond donors (Lipinski definition) is 1. The zero-order valence-electron chi connectivity index (χ0n) is 12.8. The maximum atomic E-state index is 11.6. The van der Waals surface area contributed by atoms with Crippen molar-refractivity contribution in [2.24, 2.45) is 0 Å². The van der Waals surface area contributed by atoms with E-state index < -0.39 is 5.97 Å². The predicted molar refractivity (Wildman–Crippen MR) is 82.1 cm³/mol. The van der Waals surface area contributed by atoms with E-state index in [1.54, 1.807) is 0 Å². The van der Waals surface area contributed by atoms with Gasteiger partial charge in [0.2, 0.25) is 0 Å². The second-order valence-corrected chi connectivity index (χ2v) is 6.38. The summed E-state index contributed by atoms with van der Waals surface area (Å²) in [5, 5.41) is 9.55. The first-order valence-electron chi connectivity index (χ1n) is 7.73. The number of pyridine rings is 1. The van der Waals surface area contributed by atoms with Crippen molar-refractivity contribution in [3.05, 3.63) is 22.9 Å². The Bertz CT molecular complexity index is 557. The van der Waals surface area contributed by atoms with Crippen LogP contribution in [0, 0.1) is 0 Å². The first-order chi connectivity index (χ1) is 10.1. The van der Waals surface area contributed by atoms with E-state index >= 15 is 0 Å². The minimum Gasteiger partial charge on any atom is -0.478 e. The second-order valence-electron chi connectivity index (χ2n) is 6.38. The maximum absolute atomic E-state index is 11.6. The fourth-order valence-corrected chi connectivity index (χ4v) is 3.56. The normalized spacial score (nSPS) is 21.1. The highest BCUT2D eigenvalue weighted by Crippen LogP contribution is 2.31. The molecule has 1 saturated heterocycles. The quantitative estimate of drug-likeness (QED) is 0.916. The molecule has 3 rings (SSSR count). The molecule has 1 aromatic rings. The van der Waals surface area contributed by atoms with Crippen LogP contribution in [0.4, 0.5) is 5.82 Å². The van der Waals surface area contributed by atoms with Crippen molar-refractivity contribution in [3.8, 4) is 0 Å². The molecular formula is C16H23N3O2. The molecule has 21 heavy (non-hydrogen) atoms. The van der Waals surface area contributed by atoms with Gasteiger partial charge in [0.1, 0.15) is 11.4 Å². The molecule has 1 aliphatic heterocycles. The molecular weight excluding hydrogens is 266 g/mol. The smallest absolute Gasteiger partial charge is 0.339 e. The molecule has 1 atom stereocenters. The summed E-state index contributed by atoms with van der Waals surface area (Å²) in [5.41, 5.74) is 2.60. The monoisotopic (exact) mass is 289 g/mol. The van der Waals surface area contributed by atoms with Crippen LogP contribution < -0.4 is 4.90 Å². The molecule has 0 radical (unpaired) electrons. The van der Waals surface area contributed by atoms with Crippen molar-refractivity contribution in [1.29, 1.82) is 0 Å². The highest BCUT2D eigenvalue weighted by atomic mass is 16.4. The summed E-state index contributed by atoms with van der Waals surface area (Å²) in [5.74, 6) is -0.171. The van der Waals surface area contributed by atoms with E-state index in [-0.39, 0.29) is 0 Å². The molecule has 1 N–H and O–H groups in total. The molecule has 1 unspecified atom stereocenters. The number of anilines is 1. The third-order valence-corrected chi connectivity index (χ3v) is 4.49. The fraction of sp³-hybridized carbons (Fsp3) is 0.625. The summed E-state index contributed by atoms with van der Waals surface area (Å²) in [7, 11) is 4.12. The van der Waals surface area contributed by atoms with Crippen LogP contribution >= 0.6 is 0 Å². The van der Waals surface area contributed by atoms with Gasteiger partial charge < -0.3 is 14.9 Å². The molecule has 1 fully saturated rings. The standard InChI is InChI=1S/C16H23N3O2/c1-18(2)10-12-6-4-8-19(12)15-13(16(20)21)9-11-5-3-7-14(11)17-15/h9,12H,3-8,10H2,1-2H3,(H,20,21). The van der Waals surface area contributed by atoms with Crippen LogP contribution in [0.5, 0.6) is 0 Å². The number of carbonyl (C=O) groups is 1. The van der Waals surface area contributed by atoms with Crippen LogP contribution in [0.1, 0.15) is 40.9 Å². The van der Waals surface area contributed by atoms with Crippen LogP contribution in [-0.2, 0) is 12.8 Å². The van der Waals surface area contributed by atoms with Crippen LogP contribution in [-0.4, -0.2) is 54.2 Å². The average molecular weight is 289 g/mol. The van der Waals surface area contributed by atoms with Crippen molar-refractivity contribution in [3.63, 3.8) is 0 Å². The largest absolute Gasteiger partial charge is 0.478 e. The molecule has 2 heterocycles. The van der Waals surface area contributed by atoms with Crippen LogP contribution in [0.3, 0.4) is 0 Å². The summed E-state index contributed by atoms with van der Waals surface area (Å²) >= 11 is 0. The van der Waals surface area contributed by atoms with Gasteiger partial charge in [0.15, 0.2) is 0 Å².